The summed E-state index contributed by atoms with van der Waals surface area (Å²) in [5, 5.41) is 4.26. The fraction of sp³-hybridized carbons (Fsp3) is 0.231. The molecule has 0 aliphatic rings. The van der Waals surface area contributed by atoms with Crippen LogP contribution in [0.5, 0.6) is 0 Å². The van der Waals surface area contributed by atoms with Crippen molar-refractivity contribution in [3.05, 3.63) is 93.9 Å². The average molecular weight is 652 g/mol. The molecule has 2 N–H and O–H groups in total. The Balaban J connectivity index is 0.000000230. The minimum atomic E-state index is -3.43. The Labute approximate surface area is 252 Å². The zero-order chi connectivity index (χ0) is 30.9. The van der Waals surface area contributed by atoms with Gasteiger partial charge in [0.25, 0.3) is 0 Å². The molecule has 0 aliphatic carbocycles. The SMILES string of the molecule is COC(=O)c1ccc(CN(c2nccs2)S(C)(=O)=O)cc1.CS(=O)(=O)N(Cc1ccc(C(=O)CN)cc1)c1nccs1. The maximum absolute atomic E-state index is 11.9. The van der Waals surface area contributed by atoms with Crippen LogP contribution in [0.1, 0.15) is 31.8 Å². The number of hydrogen-bond donors (Lipinski definition) is 1. The van der Waals surface area contributed by atoms with Crippen molar-refractivity contribution < 1.29 is 31.2 Å². The molecule has 0 saturated heterocycles. The Bertz CT molecular complexity index is 1550. The summed E-state index contributed by atoms with van der Waals surface area (Å²) in [6.07, 6.45) is 5.39. The number of Topliss-reactive ketones (excluding diaryl/α,β-unsaturated/α-hetero) is 1. The van der Waals surface area contributed by atoms with Crippen molar-refractivity contribution in [3.63, 3.8) is 0 Å². The van der Waals surface area contributed by atoms with Gasteiger partial charge in [-0.2, -0.15) is 0 Å². The lowest BCUT2D eigenvalue weighted by Crippen LogP contribution is -2.29. The van der Waals surface area contributed by atoms with Gasteiger partial charge < -0.3 is 10.5 Å². The van der Waals surface area contributed by atoms with Crippen LogP contribution >= 0.6 is 22.7 Å². The second-order valence-electron chi connectivity index (χ2n) is 8.68. The highest BCUT2D eigenvalue weighted by Crippen LogP contribution is 2.24. The molecule has 0 saturated carbocycles. The van der Waals surface area contributed by atoms with E-state index in [1.165, 1.54) is 38.4 Å². The summed E-state index contributed by atoms with van der Waals surface area (Å²) in [6.45, 7) is 0.283. The van der Waals surface area contributed by atoms with Gasteiger partial charge in [0.1, 0.15) is 0 Å². The van der Waals surface area contributed by atoms with Gasteiger partial charge in [-0.1, -0.05) is 36.4 Å². The fourth-order valence-corrected chi connectivity index (χ4v) is 7.04. The molecule has 16 heteroatoms. The smallest absolute Gasteiger partial charge is 0.337 e. The minimum absolute atomic E-state index is 0.0477. The van der Waals surface area contributed by atoms with Crippen molar-refractivity contribution in [1.82, 2.24) is 9.97 Å². The number of anilines is 2. The van der Waals surface area contributed by atoms with E-state index in [9.17, 15) is 26.4 Å². The molecule has 0 fully saturated rings. The lowest BCUT2D eigenvalue weighted by Gasteiger charge is -2.19. The number of hydrogen-bond acceptors (Lipinski definition) is 12. The molecule has 224 valence electrons. The third-order valence-corrected chi connectivity index (χ3v) is 9.58. The number of rotatable bonds is 11. The van der Waals surface area contributed by atoms with Gasteiger partial charge in [-0.25, -0.2) is 40.2 Å². The molecule has 12 nitrogen and oxygen atoms in total. The molecule has 0 aliphatic heterocycles. The molecule has 0 amide bonds. The zero-order valence-electron chi connectivity index (χ0n) is 22.9. The van der Waals surface area contributed by atoms with Gasteiger partial charge >= 0.3 is 5.97 Å². The lowest BCUT2D eigenvalue weighted by molar-refractivity contribution is 0.0600. The van der Waals surface area contributed by atoms with E-state index in [4.69, 9.17) is 5.73 Å². The van der Waals surface area contributed by atoms with E-state index in [1.54, 1.807) is 71.7 Å². The van der Waals surface area contributed by atoms with E-state index >= 15 is 0 Å². The molecule has 2 heterocycles. The maximum Gasteiger partial charge on any atom is 0.337 e. The van der Waals surface area contributed by atoms with Crippen molar-refractivity contribution in [1.29, 1.82) is 0 Å². The molecule has 2 aromatic carbocycles. The van der Waals surface area contributed by atoms with Crippen molar-refractivity contribution >= 4 is 64.7 Å². The number of nitrogens with zero attached hydrogens (tertiary/aromatic N) is 4. The van der Waals surface area contributed by atoms with Crippen molar-refractivity contribution in [3.8, 4) is 0 Å². The summed E-state index contributed by atoms with van der Waals surface area (Å²) in [5.41, 5.74) is 7.75. The number of methoxy groups -OCH3 is 1. The van der Waals surface area contributed by atoms with Gasteiger partial charge in [0, 0.05) is 28.7 Å². The zero-order valence-corrected chi connectivity index (χ0v) is 26.2. The van der Waals surface area contributed by atoms with Gasteiger partial charge in [-0.3, -0.25) is 4.79 Å². The normalized spacial score (nSPS) is 11.2. The lowest BCUT2D eigenvalue weighted by atomic mass is 10.1. The van der Waals surface area contributed by atoms with Crippen LogP contribution in [0.2, 0.25) is 0 Å². The number of ether oxygens (including phenoxy) is 1. The molecule has 0 bridgehead atoms. The van der Waals surface area contributed by atoms with Crippen LogP contribution in [0.3, 0.4) is 0 Å². The Morgan fingerprint density at radius 3 is 1.48 bits per heavy atom. The predicted octanol–water partition coefficient (Wildman–Crippen LogP) is 3.15. The number of benzene rings is 2. The van der Waals surface area contributed by atoms with E-state index in [1.807, 2.05) is 0 Å². The number of carbonyl (C=O) groups is 2. The third-order valence-electron chi connectivity index (χ3n) is 5.55. The molecule has 4 rings (SSSR count). The number of aromatic nitrogens is 2. The van der Waals surface area contributed by atoms with Crippen LogP contribution in [0.4, 0.5) is 10.3 Å². The highest BCUT2D eigenvalue weighted by atomic mass is 32.2. The molecule has 0 spiro atoms. The topological polar surface area (TPSA) is 170 Å². The van der Waals surface area contributed by atoms with Crippen molar-refractivity contribution in [2.24, 2.45) is 5.73 Å². The standard InChI is InChI=1S/C13H15N3O3S2.C13H14N2O4S2/c1-21(18,19)16(13-15-6-7-20-13)9-10-2-4-11(5-3-10)12(17)8-14;1-19-12(16)11-5-3-10(4-6-11)9-15(21(2,17)18)13-14-7-8-20-13/h2-7H,8-9,14H2,1H3;3-8H,9H2,1-2H3. The van der Waals surface area contributed by atoms with Gasteiger partial charge in [-0.15, -0.1) is 22.7 Å². The summed E-state index contributed by atoms with van der Waals surface area (Å²) >= 11 is 2.50. The third kappa shape index (κ3) is 9.15. The summed E-state index contributed by atoms with van der Waals surface area (Å²) in [5.74, 6) is -0.581. The molecular weight excluding hydrogens is 623 g/mol. The number of sulfonamides is 2. The monoisotopic (exact) mass is 651 g/mol. The highest BCUT2D eigenvalue weighted by Gasteiger charge is 2.21. The van der Waals surface area contributed by atoms with Crippen LogP contribution in [0.25, 0.3) is 0 Å². The second-order valence-corrected chi connectivity index (χ2v) is 14.2. The summed E-state index contributed by atoms with van der Waals surface area (Å²) in [7, 11) is -5.54. The molecule has 42 heavy (non-hydrogen) atoms. The van der Waals surface area contributed by atoms with E-state index in [0.29, 0.717) is 21.4 Å². The summed E-state index contributed by atoms with van der Waals surface area (Å²) in [6, 6.07) is 13.3. The quantitative estimate of drug-likeness (QED) is 0.188. The van der Waals surface area contributed by atoms with Gasteiger partial charge in [-0.05, 0) is 23.3 Å². The number of thiazole rings is 2. The Morgan fingerprint density at radius 1 is 0.762 bits per heavy atom. The Kier molecular flexibility index (Phi) is 11.3. The van der Waals surface area contributed by atoms with Crippen LogP contribution in [-0.2, 0) is 37.9 Å². The molecular formula is C26H29N5O7S4. The van der Waals surface area contributed by atoms with Crippen LogP contribution in [0, 0.1) is 0 Å². The Hall–Kier alpha value is -3.70. The Morgan fingerprint density at radius 2 is 1.17 bits per heavy atom. The second kappa shape index (κ2) is 14.5. The first kappa shape index (κ1) is 32.8. The van der Waals surface area contributed by atoms with Crippen LogP contribution < -0.4 is 14.3 Å². The number of esters is 1. The highest BCUT2D eigenvalue weighted by molar-refractivity contribution is 7.92. The average Bonchev–Trinajstić information content (AvgIpc) is 3.69. The molecule has 0 radical (unpaired) electrons. The van der Waals surface area contributed by atoms with Crippen molar-refractivity contribution in [2.45, 2.75) is 13.1 Å². The van der Waals surface area contributed by atoms with Gasteiger partial charge in [0.2, 0.25) is 20.0 Å². The first-order valence-electron chi connectivity index (χ1n) is 12.1. The summed E-state index contributed by atoms with van der Waals surface area (Å²) in [4.78, 5) is 30.9. The first-order chi connectivity index (χ1) is 19.8. The van der Waals surface area contributed by atoms with E-state index in [0.717, 1.165) is 23.6 Å². The van der Waals surface area contributed by atoms with Crippen LogP contribution in [-0.4, -0.2) is 64.7 Å². The minimum Gasteiger partial charge on any atom is -0.465 e. The first-order valence-corrected chi connectivity index (χ1v) is 17.5. The molecule has 4 aromatic rings. The van der Waals surface area contributed by atoms with Crippen molar-refractivity contribution in [2.75, 3.05) is 34.8 Å². The maximum atomic E-state index is 11.9. The molecule has 2 aromatic heterocycles. The number of ketones is 1. The molecule has 0 unspecified atom stereocenters. The van der Waals surface area contributed by atoms with Crippen LogP contribution in [0.15, 0.2) is 71.7 Å². The predicted molar refractivity (Wildman–Crippen MR) is 164 cm³/mol. The van der Waals surface area contributed by atoms with Gasteiger partial charge in [0.05, 0.1) is 44.8 Å². The largest absolute Gasteiger partial charge is 0.465 e. The van der Waals surface area contributed by atoms with E-state index in [-0.39, 0.29) is 25.4 Å². The summed E-state index contributed by atoms with van der Waals surface area (Å²) < 4.78 is 54.6. The van der Waals surface area contributed by atoms with E-state index < -0.39 is 26.0 Å². The fourth-order valence-electron chi connectivity index (χ4n) is 3.44. The molecule has 0 atom stereocenters. The number of nitrogens with two attached hydrogens (primary N) is 1. The van der Waals surface area contributed by atoms with Gasteiger partial charge in [0.15, 0.2) is 16.0 Å². The van der Waals surface area contributed by atoms with E-state index in [2.05, 4.69) is 14.7 Å². The number of carbonyl (C=O) groups excluding carboxylic acids is 2.